The molecule has 0 aliphatic heterocycles. The molecule has 4 aliphatic rings. The maximum Gasteiger partial charge on any atom is 0.132 e. The summed E-state index contributed by atoms with van der Waals surface area (Å²) < 4.78 is 0. The van der Waals surface area contributed by atoms with Crippen molar-refractivity contribution in [3.8, 4) is 0 Å². The summed E-state index contributed by atoms with van der Waals surface area (Å²) in [7, 11) is 0. The molecule has 4 fully saturated rings. The van der Waals surface area contributed by atoms with Gasteiger partial charge in [0.15, 0.2) is 0 Å². The van der Waals surface area contributed by atoms with E-state index in [2.05, 4.69) is 20.8 Å². The highest BCUT2D eigenvalue weighted by Gasteiger charge is 2.63. The van der Waals surface area contributed by atoms with Crippen LogP contribution in [0.1, 0.15) is 85.5 Å². The van der Waals surface area contributed by atoms with E-state index in [1.165, 1.54) is 38.5 Å². The first-order chi connectivity index (χ1) is 11.2. The number of hydrogen-bond donors (Lipinski definition) is 1. The lowest BCUT2D eigenvalue weighted by Gasteiger charge is -2.61. The Hall–Kier alpha value is -0.370. The van der Waals surface area contributed by atoms with Gasteiger partial charge in [-0.15, -0.1) is 0 Å². The monoisotopic (exact) mass is 332 g/mol. The first-order valence-corrected chi connectivity index (χ1v) is 10.4. The van der Waals surface area contributed by atoms with Gasteiger partial charge in [0.1, 0.15) is 5.78 Å². The van der Waals surface area contributed by atoms with Crippen molar-refractivity contribution in [3.05, 3.63) is 0 Å². The topological polar surface area (TPSA) is 37.3 Å². The fourth-order valence-corrected chi connectivity index (χ4v) is 7.87. The number of aliphatic hydroxyl groups is 1. The molecule has 4 rings (SSSR count). The van der Waals surface area contributed by atoms with E-state index in [0.717, 1.165) is 42.9 Å². The fraction of sp³-hybridized carbons (Fsp3) is 0.955. The second-order valence-corrected chi connectivity index (χ2v) is 10.5. The molecule has 4 aliphatic carbocycles. The molecule has 0 radical (unpaired) electrons. The highest BCUT2D eigenvalue weighted by Crippen LogP contribution is 2.68. The third-order valence-corrected chi connectivity index (χ3v) is 9.80. The first-order valence-electron chi connectivity index (χ1n) is 10.4. The molecule has 136 valence electrons. The van der Waals surface area contributed by atoms with Crippen molar-refractivity contribution in [1.82, 2.24) is 0 Å². The number of rotatable bonds is 1. The van der Waals surface area contributed by atoms with Gasteiger partial charge >= 0.3 is 0 Å². The molecule has 0 heterocycles. The van der Waals surface area contributed by atoms with Gasteiger partial charge in [-0.1, -0.05) is 13.8 Å². The minimum atomic E-state index is -0.466. The van der Waals surface area contributed by atoms with Gasteiger partial charge in [0.2, 0.25) is 0 Å². The van der Waals surface area contributed by atoms with E-state index in [1.807, 2.05) is 0 Å². The van der Waals surface area contributed by atoms with Crippen molar-refractivity contribution in [1.29, 1.82) is 0 Å². The maximum absolute atomic E-state index is 11.9. The summed E-state index contributed by atoms with van der Waals surface area (Å²) in [4.78, 5) is 11.9. The lowest BCUT2D eigenvalue weighted by Crippen LogP contribution is -2.56. The second-order valence-electron chi connectivity index (χ2n) is 10.5. The van der Waals surface area contributed by atoms with Gasteiger partial charge in [-0.3, -0.25) is 4.79 Å². The minimum absolute atomic E-state index is 0.133. The summed E-state index contributed by atoms with van der Waals surface area (Å²) >= 11 is 0. The Bertz CT molecular complexity index is 538. The fourth-order valence-electron chi connectivity index (χ4n) is 7.87. The number of carbonyl (C=O) groups is 1. The molecular formula is C22H36O2. The number of hydrogen-bond acceptors (Lipinski definition) is 2. The van der Waals surface area contributed by atoms with Gasteiger partial charge in [-0.2, -0.15) is 0 Å². The van der Waals surface area contributed by atoms with E-state index in [1.54, 1.807) is 6.92 Å². The molecule has 24 heavy (non-hydrogen) atoms. The van der Waals surface area contributed by atoms with E-state index in [4.69, 9.17) is 0 Å². The Balaban J connectivity index is 1.60. The molecule has 0 aromatic heterocycles. The van der Waals surface area contributed by atoms with Crippen molar-refractivity contribution in [2.45, 2.75) is 91.1 Å². The van der Waals surface area contributed by atoms with Gasteiger partial charge in [-0.25, -0.2) is 0 Å². The minimum Gasteiger partial charge on any atom is -0.390 e. The van der Waals surface area contributed by atoms with Gasteiger partial charge in [0.25, 0.3) is 0 Å². The summed E-state index contributed by atoms with van der Waals surface area (Å²) in [6, 6.07) is 0. The molecule has 0 saturated heterocycles. The van der Waals surface area contributed by atoms with E-state index >= 15 is 0 Å². The highest BCUT2D eigenvalue weighted by molar-refractivity contribution is 5.78. The van der Waals surface area contributed by atoms with Crippen molar-refractivity contribution in [2.75, 3.05) is 0 Å². The van der Waals surface area contributed by atoms with Crippen LogP contribution in [0, 0.1) is 40.4 Å². The summed E-state index contributed by atoms with van der Waals surface area (Å²) in [6.07, 6.45) is 10.9. The summed E-state index contributed by atoms with van der Waals surface area (Å²) in [5.74, 6) is 3.87. The summed E-state index contributed by atoms with van der Waals surface area (Å²) in [5.41, 5.74) is 0.116. The number of carbonyl (C=O) groups excluding carboxylic acids is 1. The largest absolute Gasteiger partial charge is 0.390 e. The lowest BCUT2D eigenvalue weighted by molar-refractivity contribution is -0.152. The lowest BCUT2D eigenvalue weighted by atomic mass is 9.44. The Kier molecular flexibility index (Phi) is 3.78. The average molecular weight is 333 g/mol. The molecular weight excluding hydrogens is 296 g/mol. The zero-order valence-electron chi connectivity index (χ0n) is 16.1. The normalized spacial score (nSPS) is 57.0. The molecule has 1 N–H and O–H groups in total. The zero-order chi connectivity index (χ0) is 17.3. The third kappa shape index (κ3) is 2.14. The molecule has 4 saturated carbocycles. The SMILES string of the molecule is CC(=O)[C@H]1CC[C@@]2(C)[C@H](CC[C@@H]3[C@@H]2CC[C@@]2(C)[C@H]3CC[C@@]2(C)O)C1. The average Bonchev–Trinajstić information content (AvgIpc) is 2.76. The second kappa shape index (κ2) is 5.32. The van der Waals surface area contributed by atoms with Crippen LogP contribution in [-0.4, -0.2) is 16.5 Å². The van der Waals surface area contributed by atoms with E-state index in [-0.39, 0.29) is 5.41 Å². The number of ketones is 1. The van der Waals surface area contributed by atoms with Gasteiger partial charge in [0.05, 0.1) is 5.60 Å². The molecule has 0 spiro atoms. The Morgan fingerprint density at radius 2 is 1.62 bits per heavy atom. The van der Waals surface area contributed by atoms with Crippen LogP contribution in [0.4, 0.5) is 0 Å². The predicted octanol–water partition coefficient (Wildman–Crippen LogP) is 4.99. The van der Waals surface area contributed by atoms with Crippen LogP contribution >= 0.6 is 0 Å². The molecule has 0 amide bonds. The Labute approximate surface area is 147 Å². The first kappa shape index (κ1) is 17.1. The molecule has 8 atom stereocenters. The highest BCUT2D eigenvalue weighted by atomic mass is 16.3. The summed E-state index contributed by atoms with van der Waals surface area (Å²) in [6.45, 7) is 8.83. The van der Waals surface area contributed by atoms with Gasteiger partial charge in [-0.05, 0) is 106 Å². The maximum atomic E-state index is 11.9. The Morgan fingerprint density at radius 1 is 0.917 bits per heavy atom. The molecule has 0 aromatic carbocycles. The van der Waals surface area contributed by atoms with Crippen LogP contribution in [0.25, 0.3) is 0 Å². The standard InChI is InChI=1S/C22H36O2/c1-14(23)15-7-10-20(2)16(13-15)5-6-17-18(20)8-11-21(3)19(17)9-12-22(21,4)24/h15-19,24H,5-13H2,1-4H3/t15-,16+,17+,18-,19-,20-,21-,22+/m0/s1. The van der Waals surface area contributed by atoms with Crippen LogP contribution in [-0.2, 0) is 4.79 Å². The van der Waals surface area contributed by atoms with Crippen molar-refractivity contribution >= 4 is 5.78 Å². The van der Waals surface area contributed by atoms with Crippen LogP contribution in [0.5, 0.6) is 0 Å². The van der Waals surface area contributed by atoms with Gasteiger partial charge < -0.3 is 5.11 Å². The quantitative estimate of drug-likeness (QED) is 0.735. The van der Waals surface area contributed by atoms with Crippen molar-refractivity contribution in [3.63, 3.8) is 0 Å². The third-order valence-electron chi connectivity index (χ3n) is 9.80. The van der Waals surface area contributed by atoms with E-state index in [9.17, 15) is 9.90 Å². The zero-order valence-corrected chi connectivity index (χ0v) is 16.1. The predicted molar refractivity (Wildman–Crippen MR) is 96.5 cm³/mol. The van der Waals surface area contributed by atoms with Crippen molar-refractivity contribution in [2.24, 2.45) is 40.4 Å². The smallest absolute Gasteiger partial charge is 0.132 e. The van der Waals surface area contributed by atoms with Gasteiger partial charge in [0, 0.05) is 5.92 Å². The van der Waals surface area contributed by atoms with E-state index in [0.29, 0.717) is 17.1 Å². The number of Topliss-reactive ketones (excluding diaryl/α,β-unsaturated/α-hetero) is 1. The van der Waals surface area contributed by atoms with Crippen LogP contribution in [0.15, 0.2) is 0 Å². The van der Waals surface area contributed by atoms with Crippen LogP contribution in [0.2, 0.25) is 0 Å². The molecule has 2 nitrogen and oxygen atoms in total. The molecule has 0 unspecified atom stereocenters. The Morgan fingerprint density at radius 3 is 2.33 bits per heavy atom. The van der Waals surface area contributed by atoms with Crippen LogP contribution < -0.4 is 0 Å². The van der Waals surface area contributed by atoms with Crippen molar-refractivity contribution < 1.29 is 9.90 Å². The molecule has 0 bridgehead atoms. The summed E-state index contributed by atoms with van der Waals surface area (Å²) in [5, 5.41) is 11.0. The molecule has 2 heteroatoms. The van der Waals surface area contributed by atoms with E-state index < -0.39 is 5.60 Å². The van der Waals surface area contributed by atoms with Crippen LogP contribution in [0.3, 0.4) is 0 Å². The molecule has 0 aromatic rings. The number of fused-ring (bicyclic) bond motifs is 5.